The van der Waals surface area contributed by atoms with Gasteiger partial charge < -0.3 is 27.0 Å². The smallest absolute Gasteiger partial charge is 0.196 e. The van der Waals surface area contributed by atoms with Crippen LogP contribution in [0.4, 0.5) is 0 Å². The van der Waals surface area contributed by atoms with E-state index in [1.165, 1.54) is 12.8 Å². The Morgan fingerprint density at radius 2 is 2.25 bits per heavy atom. The van der Waals surface area contributed by atoms with E-state index in [0.29, 0.717) is 12.0 Å². The maximum Gasteiger partial charge on any atom is 0.196 e. The fourth-order valence-electron chi connectivity index (χ4n) is 3.36. The molecule has 0 aromatic rings. The van der Waals surface area contributed by atoms with Gasteiger partial charge in [-0.05, 0) is 37.3 Å². The zero-order chi connectivity index (χ0) is 14.3. The number of fused-ring (bicyclic) bond motifs is 1. The zero-order valence-electron chi connectivity index (χ0n) is 12.4. The van der Waals surface area contributed by atoms with Crippen molar-refractivity contribution in [3.05, 3.63) is 11.9 Å². The van der Waals surface area contributed by atoms with Crippen LogP contribution in [0.15, 0.2) is 16.9 Å². The van der Waals surface area contributed by atoms with Gasteiger partial charge in [-0.15, -0.1) is 0 Å². The van der Waals surface area contributed by atoms with Crippen LogP contribution >= 0.6 is 0 Å². The Hall–Kier alpha value is -1.27. The number of nitrogens with zero attached hydrogens (tertiary/aromatic N) is 2. The molecule has 6 nitrogen and oxygen atoms in total. The predicted octanol–water partition coefficient (Wildman–Crippen LogP) is -0.259. The minimum Gasteiger partial charge on any atom is -0.370 e. The van der Waals surface area contributed by atoms with E-state index in [2.05, 4.69) is 34.4 Å². The lowest BCUT2D eigenvalue weighted by molar-refractivity contribution is 0.334. The van der Waals surface area contributed by atoms with Gasteiger partial charge in [0.2, 0.25) is 0 Å². The number of rotatable bonds is 2. The van der Waals surface area contributed by atoms with E-state index >= 15 is 0 Å². The second-order valence-electron chi connectivity index (χ2n) is 6.56. The second-order valence-corrected chi connectivity index (χ2v) is 6.56. The van der Waals surface area contributed by atoms with E-state index in [9.17, 15) is 0 Å². The van der Waals surface area contributed by atoms with E-state index < -0.39 is 5.66 Å². The summed E-state index contributed by atoms with van der Waals surface area (Å²) in [6, 6.07) is 0.595. The Morgan fingerprint density at radius 1 is 1.45 bits per heavy atom. The Labute approximate surface area is 120 Å². The van der Waals surface area contributed by atoms with Crippen molar-refractivity contribution < 1.29 is 0 Å². The summed E-state index contributed by atoms with van der Waals surface area (Å²) in [6.07, 6.45) is 4.62. The van der Waals surface area contributed by atoms with Gasteiger partial charge in [-0.25, -0.2) is 4.99 Å². The number of hydrogen-bond donors (Lipinski definition) is 4. The van der Waals surface area contributed by atoms with E-state index in [1.54, 1.807) is 0 Å². The van der Waals surface area contributed by atoms with Crippen LogP contribution in [0.5, 0.6) is 0 Å². The summed E-state index contributed by atoms with van der Waals surface area (Å²) in [4.78, 5) is 6.73. The largest absolute Gasteiger partial charge is 0.370 e. The van der Waals surface area contributed by atoms with E-state index in [4.69, 9.17) is 11.5 Å². The summed E-state index contributed by atoms with van der Waals surface area (Å²) in [5.74, 6) is 2.38. The number of nitrogens with one attached hydrogen (secondary N) is 2. The number of aliphatic imine (C=N–C) groups is 1. The van der Waals surface area contributed by atoms with Crippen LogP contribution in [0, 0.1) is 11.8 Å². The molecule has 3 aliphatic rings. The van der Waals surface area contributed by atoms with Gasteiger partial charge in [-0.2, -0.15) is 0 Å². The summed E-state index contributed by atoms with van der Waals surface area (Å²) < 4.78 is 0. The van der Waals surface area contributed by atoms with Crippen molar-refractivity contribution in [2.45, 2.75) is 38.4 Å². The van der Waals surface area contributed by atoms with Crippen LogP contribution in [-0.2, 0) is 0 Å². The van der Waals surface area contributed by atoms with Crippen molar-refractivity contribution in [3.8, 4) is 0 Å². The number of piperidine rings is 1. The molecule has 0 radical (unpaired) electrons. The van der Waals surface area contributed by atoms with Gasteiger partial charge >= 0.3 is 0 Å². The molecular formula is C14H26N6. The van der Waals surface area contributed by atoms with Crippen molar-refractivity contribution in [1.29, 1.82) is 0 Å². The highest BCUT2D eigenvalue weighted by Gasteiger charge is 2.38. The molecule has 3 rings (SSSR count). The minimum absolute atomic E-state index is 0.209. The highest BCUT2D eigenvalue weighted by Crippen LogP contribution is 2.29. The molecule has 0 aromatic heterocycles. The monoisotopic (exact) mass is 278 g/mol. The van der Waals surface area contributed by atoms with Gasteiger partial charge in [-0.1, -0.05) is 13.8 Å². The molecule has 6 N–H and O–H groups in total. The molecule has 3 unspecified atom stereocenters. The summed E-state index contributed by atoms with van der Waals surface area (Å²) in [6.45, 7) is 7.36. The second kappa shape index (κ2) is 4.93. The highest BCUT2D eigenvalue weighted by atomic mass is 15.3. The third-order valence-corrected chi connectivity index (χ3v) is 4.80. The third-order valence-electron chi connectivity index (χ3n) is 4.80. The first-order valence-electron chi connectivity index (χ1n) is 7.60. The molecule has 0 aliphatic carbocycles. The topological polar surface area (TPSA) is 91.7 Å². The zero-order valence-corrected chi connectivity index (χ0v) is 12.4. The maximum absolute atomic E-state index is 6.37. The predicted molar refractivity (Wildman–Crippen MR) is 80.7 cm³/mol. The summed E-state index contributed by atoms with van der Waals surface area (Å²) >= 11 is 0. The molecule has 20 heavy (non-hydrogen) atoms. The lowest BCUT2D eigenvalue weighted by Gasteiger charge is -2.34. The number of likely N-dealkylation sites (tertiary alicyclic amines) is 1. The van der Waals surface area contributed by atoms with Gasteiger partial charge in [0.05, 0.1) is 0 Å². The lowest BCUT2D eigenvalue weighted by atomic mass is 9.94. The Kier molecular flexibility index (Phi) is 3.38. The maximum atomic E-state index is 6.37. The Balaban J connectivity index is 1.79. The van der Waals surface area contributed by atoms with E-state index in [0.717, 1.165) is 31.4 Å². The first kappa shape index (κ1) is 13.7. The van der Waals surface area contributed by atoms with Crippen LogP contribution in [0.25, 0.3) is 0 Å². The van der Waals surface area contributed by atoms with Gasteiger partial charge in [-0.3, -0.25) is 0 Å². The van der Waals surface area contributed by atoms with E-state index in [1.807, 2.05) is 6.08 Å². The molecule has 6 heteroatoms. The SMILES string of the molecule is CC(C)C1(N)C=C(N2CC3CCCNC3C2)NC(N)=N1. The minimum atomic E-state index is -0.703. The Bertz CT molecular complexity index is 429. The molecule has 2 saturated heterocycles. The summed E-state index contributed by atoms with van der Waals surface area (Å²) in [7, 11) is 0. The van der Waals surface area contributed by atoms with Crippen molar-refractivity contribution in [2.75, 3.05) is 19.6 Å². The molecule has 3 aliphatic heterocycles. The molecule has 0 amide bonds. The summed E-state index contributed by atoms with van der Waals surface area (Å²) in [5, 5.41) is 6.80. The van der Waals surface area contributed by atoms with Crippen LogP contribution in [-0.4, -0.2) is 42.2 Å². The van der Waals surface area contributed by atoms with Gasteiger partial charge in [0.15, 0.2) is 5.96 Å². The summed E-state index contributed by atoms with van der Waals surface area (Å²) in [5.41, 5.74) is 11.6. The quantitative estimate of drug-likeness (QED) is 0.559. The van der Waals surface area contributed by atoms with Crippen LogP contribution in [0.1, 0.15) is 26.7 Å². The van der Waals surface area contributed by atoms with Gasteiger partial charge in [0.1, 0.15) is 11.5 Å². The fourth-order valence-corrected chi connectivity index (χ4v) is 3.36. The molecule has 0 spiro atoms. The van der Waals surface area contributed by atoms with E-state index in [-0.39, 0.29) is 5.92 Å². The molecule has 0 saturated carbocycles. The average Bonchev–Trinajstić information content (AvgIpc) is 2.81. The van der Waals surface area contributed by atoms with Crippen LogP contribution in [0.3, 0.4) is 0 Å². The average molecular weight is 278 g/mol. The number of guanidine groups is 1. The standard InChI is InChI=1S/C14H26N6/c1-9(2)14(16)6-12(18-13(15)19-14)20-7-10-4-3-5-17-11(10)8-20/h6,9-11,17H,3-5,7-8,16H2,1-2H3,(H3,15,18,19). The molecule has 3 atom stereocenters. The van der Waals surface area contributed by atoms with Crippen molar-refractivity contribution in [1.82, 2.24) is 15.5 Å². The Morgan fingerprint density at radius 3 is 2.95 bits per heavy atom. The highest BCUT2D eigenvalue weighted by molar-refractivity contribution is 5.81. The third kappa shape index (κ3) is 2.38. The van der Waals surface area contributed by atoms with Gasteiger partial charge in [0.25, 0.3) is 0 Å². The van der Waals surface area contributed by atoms with Crippen LogP contribution < -0.4 is 22.1 Å². The van der Waals surface area contributed by atoms with Crippen molar-refractivity contribution >= 4 is 5.96 Å². The fraction of sp³-hybridized carbons (Fsp3) is 0.786. The van der Waals surface area contributed by atoms with Crippen LogP contribution in [0.2, 0.25) is 0 Å². The van der Waals surface area contributed by atoms with Crippen molar-refractivity contribution in [2.24, 2.45) is 28.3 Å². The molecule has 0 bridgehead atoms. The normalized spacial score (nSPS) is 37.3. The first-order valence-corrected chi connectivity index (χ1v) is 7.60. The molecule has 0 aromatic carbocycles. The van der Waals surface area contributed by atoms with Gasteiger partial charge in [0, 0.05) is 19.1 Å². The van der Waals surface area contributed by atoms with Crippen molar-refractivity contribution in [3.63, 3.8) is 0 Å². The molecular weight excluding hydrogens is 252 g/mol. The molecule has 2 fully saturated rings. The lowest BCUT2D eigenvalue weighted by Crippen LogP contribution is -2.52. The molecule has 112 valence electrons. The number of nitrogens with two attached hydrogens (primary N) is 2. The number of hydrogen-bond acceptors (Lipinski definition) is 6. The molecule has 3 heterocycles. The first-order chi connectivity index (χ1) is 9.48.